The van der Waals surface area contributed by atoms with Gasteiger partial charge in [-0.1, -0.05) is 23.7 Å². The van der Waals surface area contributed by atoms with Gasteiger partial charge in [0.2, 0.25) is 0 Å². The summed E-state index contributed by atoms with van der Waals surface area (Å²) in [7, 11) is 0. The SMILES string of the molecule is CCC(O)c1cn(-c2cc(F)ccc2Cl)nn1. The van der Waals surface area contributed by atoms with Crippen LogP contribution in [-0.2, 0) is 0 Å². The fourth-order valence-electron chi connectivity index (χ4n) is 1.42. The van der Waals surface area contributed by atoms with Gasteiger partial charge in [0.25, 0.3) is 0 Å². The zero-order chi connectivity index (χ0) is 12.4. The van der Waals surface area contributed by atoms with E-state index >= 15 is 0 Å². The second-order valence-corrected chi connectivity index (χ2v) is 4.01. The number of hydrogen-bond donors (Lipinski definition) is 1. The molecule has 1 aromatic carbocycles. The van der Waals surface area contributed by atoms with Crippen LogP contribution in [0.1, 0.15) is 25.1 Å². The Morgan fingerprint density at radius 3 is 3.00 bits per heavy atom. The first-order chi connectivity index (χ1) is 8.11. The minimum atomic E-state index is -0.670. The van der Waals surface area contributed by atoms with Gasteiger partial charge < -0.3 is 5.11 Å². The number of aromatic nitrogens is 3. The van der Waals surface area contributed by atoms with Gasteiger partial charge in [-0.25, -0.2) is 9.07 Å². The predicted molar refractivity (Wildman–Crippen MR) is 61.6 cm³/mol. The summed E-state index contributed by atoms with van der Waals surface area (Å²) in [6.07, 6.45) is 1.40. The van der Waals surface area contributed by atoms with Crippen molar-refractivity contribution in [3.8, 4) is 5.69 Å². The molecule has 90 valence electrons. The molecule has 0 aliphatic heterocycles. The Balaban J connectivity index is 2.40. The van der Waals surface area contributed by atoms with E-state index in [9.17, 15) is 9.50 Å². The van der Waals surface area contributed by atoms with E-state index in [2.05, 4.69) is 10.3 Å². The molecule has 0 bridgehead atoms. The molecule has 0 spiro atoms. The van der Waals surface area contributed by atoms with E-state index in [0.29, 0.717) is 22.8 Å². The van der Waals surface area contributed by atoms with Gasteiger partial charge in [-0.2, -0.15) is 0 Å². The molecule has 2 rings (SSSR count). The fourth-order valence-corrected chi connectivity index (χ4v) is 1.62. The Morgan fingerprint density at radius 1 is 1.53 bits per heavy atom. The standard InChI is InChI=1S/C11H11ClFN3O/c1-2-11(17)9-6-16(15-14-9)10-5-7(13)3-4-8(10)12/h3-6,11,17H,2H2,1H3. The van der Waals surface area contributed by atoms with Crippen LogP contribution in [0.3, 0.4) is 0 Å². The van der Waals surface area contributed by atoms with Crippen molar-refractivity contribution in [1.82, 2.24) is 15.0 Å². The van der Waals surface area contributed by atoms with E-state index in [-0.39, 0.29) is 0 Å². The van der Waals surface area contributed by atoms with E-state index in [1.165, 1.54) is 29.1 Å². The van der Waals surface area contributed by atoms with Crippen LogP contribution in [0.15, 0.2) is 24.4 Å². The van der Waals surface area contributed by atoms with Crippen molar-refractivity contribution in [2.45, 2.75) is 19.4 Å². The van der Waals surface area contributed by atoms with Crippen LogP contribution in [0.4, 0.5) is 4.39 Å². The topological polar surface area (TPSA) is 50.9 Å². The highest BCUT2D eigenvalue weighted by atomic mass is 35.5. The van der Waals surface area contributed by atoms with Crippen molar-refractivity contribution >= 4 is 11.6 Å². The first-order valence-electron chi connectivity index (χ1n) is 5.17. The number of halogens is 2. The van der Waals surface area contributed by atoms with Crippen LogP contribution >= 0.6 is 11.6 Å². The molecule has 1 aromatic heterocycles. The molecule has 1 heterocycles. The van der Waals surface area contributed by atoms with Crippen molar-refractivity contribution in [2.75, 3.05) is 0 Å². The summed E-state index contributed by atoms with van der Waals surface area (Å²) in [5.74, 6) is -0.405. The van der Waals surface area contributed by atoms with Crippen LogP contribution in [0.2, 0.25) is 5.02 Å². The molecule has 6 heteroatoms. The Bertz CT molecular complexity index is 529. The third-order valence-electron chi connectivity index (χ3n) is 2.39. The summed E-state index contributed by atoms with van der Waals surface area (Å²) in [6.45, 7) is 1.83. The van der Waals surface area contributed by atoms with Gasteiger partial charge in [-0.15, -0.1) is 5.10 Å². The number of benzene rings is 1. The molecule has 17 heavy (non-hydrogen) atoms. The van der Waals surface area contributed by atoms with E-state index in [0.717, 1.165) is 0 Å². The van der Waals surface area contributed by atoms with E-state index in [4.69, 9.17) is 11.6 Å². The first-order valence-corrected chi connectivity index (χ1v) is 5.55. The third-order valence-corrected chi connectivity index (χ3v) is 2.71. The highest BCUT2D eigenvalue weighted by Gasteiger charge is 2.12. The lowest BCUT2D eigenvalue weighted by molar-refractivity contribution is 0.169. The van der Waals surface area contributed by atoms with E-state index < -0.39 is 11.9 Å². The fraction of sp³-hybridized carbons (Fsp3) is 0.273. The van der Waals surface area contributed by atoms with Crippen molar-refractivity contribution in [3.63, 3.8) is 0 Å². The summed E-state index contributed by atoms with van der Waals surface area (Å²) >= 11 is 5.94. The van der Waals surface area contributed by atoms with Gasteiger partial charge in [0.05, 0.1) is 23.0 Å². The van der Waals surface area contributed by atoms with Gasteiger partial charge in [-0.05, 0) is 18.6 Å². The quantitative estimate of drug-likeness (QED) is 0.917. The molecule has 4 nitrogen and oxygen atoms in total. The zero-order valence-electron chi connectivity index (χ0n) is 9.14. The maximum atomic E-state index is 13.1. The van der Waals surface area contributed by atoms with Crippen LogP contribution in [0, 0.1) is 5.82 Å². The number of nitrogens with zero attached hydrogens (tertiary/aromatic N) is 3. The van der Waals surface area contributed by atoms with E-state index in [1.54, 1.807) is 0 Å². The maximum Gasteiger partial charge on any atom is 0.125 e. The smallest absolute Gasteiger partial charge is 0.125 e. The lowest BCUT2D eigenvalue weighted by Gasteiger charge is -2.03. The molecule has 0 aliphatic rings. The largest absolute Gasteiger partial charge is 0.387 e. The van der Waals surface area contributed by atoms with Gasteiger partial charge in [0.15, 0.2) is 0 Å². The molecule has 0 saturated heterocycles. The molecule has 1 N–H and O–H groups in total. The second-order valence-electron chi connectivity index (χ2n) is 3.61. The molecule has 1 atom stereocenters. The zero-order valence-corrected chi connectivity index (χ0v) is 9.89. The minimum Gasteiger partial charge on any atom is -0.387 e. The Kier molecular flexibility index (Phi) is 3.40. The Labute approximate surface area is 103 Å². The number of aliphatic hydroxyl groups excluding tert-OH is 1. The summed E-state index contributed by atoms with van der Waals surface area (Å²) in [6, 6.07) is 3.98. The van der Waals surface area contributed by atoms with Gasteiger partial charge in [0.1, 0.15) is 11.5 Å². The molecule has 0 amide bonds. The predicted octanol–water partition coefficient (Wildman–Crippen LogP) is 2.50. The molecule has 1 unspecified atom stereocenters. The average molecular weight is 256 g/mol. The van der Waals surface area contributed by atoms with E-state index in [1.807, 2.05) is 6.92 Å². The average Bonchev–Trinajstić information content (AvgIpc) is 2.80. The third kappa shape index (κ3) is 2.45. The molecular weight excluding hydrogens is 245 g/mol. The normalized spacial score (nSPS) is 12.7. The highest BCUT2D eigenvalue weighted by Crippen LogP contribution is 2.22. The van der Waals surface area contributed by atoms with Crippen molar-refractivity contribution in [2.24, 2.45) is 0 Å². The van der Waals surface area contributed by atoms with Crippen LogP contribution in [0.25, 0.3) is 5.69 Å². The number of hydrogen-bond acceptors (Lipinski definition) is 3. The molecular formula is C11H11ClFN3O. The summed E-state index contributed by atoms with van der Waals surface area (Å²) in [5, 5.41) is 17.6. The van der Waals surface area contributed by atoms with Crippen molar-refractivity contribution in [3.05, 3.63) is 40.9 Å². The summed E-state index contributed by atoms with van der Waals surface area (Å²) < 4.78 is 14.4. The Hall–Kier alpha value is -1.46. The maximum absolute atomic E-state index is 13.1. The van der Waals surface area contributed by atoms with Crippen LogP contribution < -0.4 is 0 Å². The molecule has 0 fully saturated rings. The van der Waals surface area contributed by atoms with Gasteiger partial charge in [-0.3, -0.25) is 0 Å². The van der Waals surface area contributed by atoms with Gasteiger partial charge in [0, 0.05) is 6.07 Å². The first kappa shape index (κ1) is 12.0. The van der Waals surface area contributed by atoms with Gasteiger partial charge >= 0.3 is 0 Å². The van der Waals surface area contributed by atoms with Crippen molar-refractivity contribution in [1.29, 1.82) is 0 Å². The lowest BCUT2D eigenvalue weighted by atomic mass is 10.2. The molecule has 0 saturated carbocycles. The number of aliphatic hydroxyl groups is 1. The lowest BCUT2D eigenvalue weighted by Crippen LogP contribution is -1.97. The number of rotatable bonds is 3. The molecule has 2 aromatic rings. The van der Waals surface area contributed by atoms with Crippen LogP contribution in [-0.4, -0.2) is 20.1 Å². The summed E-state index contributed by atoms with van der Waals surface area (Å²) in [4.78, 5) is 0. The van der Waals surface area contributed by atoms with Crippen LogP contribution in [0.5, 0.6) is 0 Å². The summed E-state index contributed by atoms with van der Waals surface area (Å²) in [5.41, 5.74) is 0.835. The second kappa shape index (κ2) is 4.81. The highest BCUT2D eigenvalue weighted by molar-refractivity contribution is 6.32. The molecule has 0 radical (unpaired) electrons. The monoisotopic (exact) mass is 255 g/mol. The Morgan fingerprint density at radius 2 is 2.29 bits per heavy atom. The van der Waals surface area contributed by atoms with Crippen molar-refractivity contribution < 1.29 is 9.50 Å². The minimum absolute atomic E-state index is 0.369. The molecule has 0 aliphatic carbocycles.